The van der Waals surface area contributed by atoms with Crippen LogP contribution in [-0.4, -0.2) is 33.5 Å². The average Bonchev–Trinajstić information content (AvgIpc) is 2.60. The van der Waals surface area contributed by atoms with Crippen LogP contribution in [0.25, 0.3) is 0 Å². The molecule has 5 heteroatoms. The summed E-state index contributed by atoms with van der Waals surface area (Å²) in [6.45, 7) is 6.19. The van der Waals surface area contributed by atoms with Crippen LogP contribution in [0.2, 0.25) is 0 Å². The summed E-state index contributed by atoms with van der Waals surface area (Å²) in [6.07, 6.45) is 6.25. The van der Waals surface area contributed by atoms with E-state index in [2.05, 4.69) is 26.8 Å². The number of aliphatic hydroxyl groups excluding tert-OH is 1. The number of carboxylic acids is 1. The van der Waals surface area contributed by atoms with Crippen LogP contribution in [0, 0.1) is 11.3 Å². The summed E-state index contributed by atoms with van der Waals surface area (Å²) < 4.78 is 6.36. The zero-order valence-electron chi connectivity index (χ0n) is 17.3. The van der Waals surface area contributed by atoms with E-state index in [-0.39, 0.29) is 30.6 Å². The monoisotopic (exact) mass is 390 g/mol. The van der Waals surface area contributed by atoms with Crippen LogP contribution in [-0.2, 0) is 11.2 Å². The van der Waals surface area contributed by atoms with Crippen molar-refractivity contribution in [1.29, 1.82) is 0 Å². The molecule has 1 heterocycles. The largest absolute Gasteiger partial charge is 0.508 e. The highest BCUT2D eigenvalue weighted by atomic mass is 16.5. The van der Waals surface area contributed by atoms with E-state index in [1.807, 2.05) is 6.07 Å². The predicted octanol–water partition coefficient (Wildman–Crippen LogP) is 4.63. The Kier molecular flexibility index (Phi) is 5.95. The summed E-state index contributed by atoms with van der Waals surface area (Å²) in [7, 11) is 0. The van der Waals surface area contributed by atoms with E-state index in [1.54, 1.807) is 0 Å². The van der Waals surface area contributed by atoms with Gasteiger partial charge >= 0.3 is 5.97 Å². The molecule has 1 aliphatic carbocycles. The fraction of sp³-hybridized carbons (Fsp3) is 0.696. The lowest BCUT2D eigenvalue weighted by Crippen LogP contribution is -2.49. The second-order valence-corrected chi connectivity index (χ2v) is 9.37. The van der Waals surface area contributed by atoms with E-state index in [0.717, 1.165) is 49.0 Å². The molecule has 3 atom stereocenters. The molecule has 3 N–H and O–H groups in total. The maximum atomic E-state index is 11.4. The van der Waals surface area contributed by atoms with Gasteiger partial charge in [0.2, 0.25) is 0 Å². The molecule has 1 fully saturated rings. The molecule has 28 heavy (non-hydrogen) atoms. The van der Waals surface area contributed by atoms with Crippen LogP contribution in [0.15, 0.2) is 12.1 Å². The van der Waals surface area contributed by atoms with Gasteiger partial charge in [-0.3, -0.25) is 4.79 Å². The second-order valence-electron chi connectivity index (χ2n) is 9.37. The fourth-order valence-corrected chi connectivity index (χ4v) is 5.40. The van der Waals surface area contributed by atoms with Crippen molar-refractivity contribution in [2.24, 2.45) is 11.3 Å². The number of benzene rings is 1. The van der Waals surface area contributed by atoms with Gasteiger partial charge in [0.15, 0.2) is 0 Å². The first-order valence-electron chi connectivity index (χ1n) is 10.6. The molecule has 0 radical (unpaired) electrons. The number of hydrogen-bond acceptors (Lipinski definition) is 4. The number of carbonyl (C=O) groups is 1. The molecule has 156 valence electrons. The molecule has 1 saturated carbocycles. The standard InChI is InChI=1S/C23H34O5/c1-4-5-6-7-15-10-18(25)21-16-12-23(14-24,13-20(26)27)9-8-17(16)22(2,3)28-19(21)11-15/h10-11,16-17,24-25H,4-9,12-14H2,1-3H3,(H,26,27). The van der Waals surface area contributed by atoms with Crippen molar-refractivity contribution >= 4 is 5.97 Å². The quantitative estimate of drug-likeness (QED) is 0.591. The Balaban J connectivity index is 1.97. The van der Waals surface area contributed by atoms with Gasteiger partial charge in [-0.25, -0.2) is 0 Å². The van der Waals surface area contributed by atoms with Crippen LogP contribution in [0.3, 0.4) is 0 Å². The minimum absolute atomic E-state index is 0.0105. The van der Waals surface area contributed by atoms with Gasteiger partial charge in [-0.1, -0.05) is 19.8 Å². The lowest BCUT2D eigenvalue weighted by molar-refractivity contribution is -0.142. The number of phenolic OH excluding ortho intramolecular Hbond substituents is 1. The number of ether oxygens (including phenoxy) is 1. The number of aromatic hydroxyl groups is 1. The van der Waals surface area contributed by atoms with E-state index in [1.165, 1.54) is 0 Å². The molecular formula is C23H34O5. The molecule has 0 bridgehead atoms. The number of fused-ring (bicyclic) bond motifs is 3. The van der Waals surface area contributed by atoms with Crippen molar-refractivity contribution in [3.8, 4) is 11.5 Å². The van der Waals surface area contributed by atoms with E-state index < -0.39 is 17.0 Å². The minimum atomic E-state index is -0.880. The molecule has 1 aliphatic heterocycles. The Hall–Kier alpha value is -1.75. The van der Waals surface area contributed by atoms with E-state index in [9.17, 15) is 20.1 Å². The summed E-state index contributed by atoms with van der Waals surface area (Å²) in [5.41, 5.74) is 0.848. The molecule has 1 aromatic carbocycles. The smallest absolute Gasteiger partial charge is 0.303 e. The third-order valence-electron chi connectivity index (χ3n) is 6.87. The number of aliphatic carboxylic acids is 1. The second kappa shape index (κ2) is 7.94. The highest BCUT2D eigenvalue weighted by molar-refractivity contribution is 5.68. The van der Waals surface area contributed by atoms with Gasteiger partial charge in [-0.15, -0.1) is 0 Å². The summed E-state index contributed by atoms with van der Waals surface area (Å²) >= 11 is 0. The van der Waals surface area contributed by atoms with Crippen molar-refractivity contribution in [3.05, 3.63) is 23.3 Å². The van der Waals surface area contributed by atoms with Gasteiger partial charge in [0.25, 0.3) is 0 Å². The summed E-state index contributed by atoms with van der Waals surface area (Å²) in [4.78, 5) is 11.4. The first-order chi connectivity index (χ1) is 13.2. The molecule has 1 aromatic rings. The number of hydrogen-bond donors (Lipinski definition) is 3. The van der Waals surface area contributed by atoms with Gasteiger partial charge in [0.05, 0.1) is 6.42 Å². The summed E-state index contributed by atoms with van der Waals surface area (Å²) in [6, 6.07) is 3.90. The molecule has 0 saturated heterocycles. The van der Waals surface area contributed by atoms with Crippen LogP contribution in [0.4, 0.5) is 0 Å². The van der Waals surface area contributed by atoms with Crippen molar-refractivity contribution in [2.45, 2.75) is 83.7 Å². The van der Waals surface area contributed by atoms with Crippen LogP contribution >= 0.6 is 0 Å². The van der Waals surface area contributed by atoms with Gasteiger partial charge in [-0.2, -0.15) is 0 Å². The molecule has 3 unspecified atom stereocenters. The Morgan fingerprint density at radius 1 is 1.29 bits per heavy atom. The predicted molar refractivity (Wildman–Crippen MR) is 108 cm³/mol. The molecule has 0 aromatic heterocycles. The first kappa shape index (κ1) is 21.0. The molecule has 5 nitrogen and oxygen atoms in total. The zero-order valence-corrected chi connectivity index (χ0v) is 17.3. The lowest BCUT2D eigenvalue weighted by atomic mass is 9.58. The maximum Gasteiger partial charge on any atom is 0.303 e. The SMILES string of the molecule is CCCCCc1cc(O)c2c(c1)OC(C)(C)C1CCC(CO)(CC(=O)O)CC21. The average molecular weight is 391 g/mol. The minimum Gasteiger partial charge on any atom is -0.508 e. The number of phenols is 1. The Bertz CT molecular complexity index is 726. The molecule has 3 rings (SSSR count). The van der Waals surface area contributed by atoms with Crippen LogP contribution in [0.5, 0.6) is 11.5 Å². The number of rotatable bonds is 7. The van der Waals surface area contributed by atoms with Crippen molar-refractivity contribution in [2.75, 3.05) is 6.61 Å². The number of aliphatic hydroxyl groups is 1. The number of carboxylic acid groups (broad SMARTS) is 1. The third kappa shape index (κ3) is 4.00. The first-order valence-corrected chi connectivity index (χ1v) is 10.6. The Morgan fingerprint density at radius 2 is 2.04 bits per heavy atom. The molecule has 2 aliphatic rings. The van der Waals surface area contributed by atoms with Crippen molar-refractivity contribution in [3.63, 3.8) is 0 Å². The van der Waals surface area contributed by atoms with Gasteiger partial charge < -0.3 is 20.1 Å². The van der Waals surface area contributed by atoms with Crippen molar-refractivity contribution in [1.82, 2.24) is 0 Å². The molecular weight excluding hydrogens is 356 g/mol. The summed E-state index contributed by atoms with van der Waals surface area (Å²) in [5.74, 6) is 0.268. The molecule has 0 amide bonds. The number of unbranched alkanes of at least 4 members (excludes halogenated alkanes) is 2. The Morgan fingerprint density at radius 3 is 2.68 bits per heavy atom. The van der Waals surface area contributed by atoms with Gasteiger partial charge in [0.1, 0.15) is 17.1 Å². The third-order valence-corrected chi connectivity index (χ3v) is 6.87. The lowest BCUT2D eigenvalue weighted by Gasteiger charge is -2.52. The summed E-state index contributed by atoms with van der Waals surface area (Å²) in [5, 5.41) is 30.3. The van der Waals surface area contributed by atoms with Crippen molar-refractivity contribution < 1.29 is 24.9 Å². The van der Waals surface area contributed by atoms with Gasteiger partial charge in [0, 0.05) is 23.5 Å². The Labute approximate surface area is 167 Å². The maximum absolute atomic E-state index is 11.4. The van der Waals surface area contributed by atoms with Crippen LogP contribution in [0.1, 0.15) is 82.8 Å². The van der Waals surface area contributed by atoms with E-state index in [0.29, 0.717) is 12.8 Å². The number of aryl methyl sites for hydroxylation is 1. The fourth-order valence-electron chi connectivity index (χ4n) is 5.40. The van der Waals surface area contributed by atoms with E-state index in [4.69, 9.17) is 4.74 Å². The van der Waals surface area contributed by atoms with E-state index >= 15 is 0 Å². The highest BCUT2D eigenvalue weighted by Crippen LogP contribution is 2.58. The zero-order chi connectivity index (χ0) is 20.5. The van der Waals surface area contributed by atoms with Gasteiger partial charge in [-0.05, 0) is 69.6 Å². The topological polar surface area (TPSA) is 87.0 Å². The normalized spacial score (nSPS) is 28.1. The van der Waals surface area contributed by atoms with Crippen LogP contribution < -0.4 is 4.74 Å². The molecule has 0 spiro atoms. The highest BCUT2D eigenvalue weighted by Gasteiger charge is 2.52.